The summed E-state index contributed by atoms with van der Waals surface area (Å²) in [5, 5.41) is 0. The van der Waals surface area contributed by atoms with Crippen LogP contribution < -0.4 is 0 Å². The van der Waals surface area contributed by atoms with Crippen LogP contribution in [0.5, 0.6) is 0 Å². The monoisotopic (exact) mass is 709 g/mol. The van der Waals surface area contributed by atoms with Crippen LogP contribution in [-0.4, -0.2) is 98.1 Å². The van der Waals surface area contributed by atoms with Crippen LogP contribution in [0.1, 0.15) is 87.0 Å². The van der Waals surface area contributed by atoms with Gasteiger partial charge in [0.25, 0.3) is 0 Å². The van der Waals surface area contributed by atoms with Crippen LogP contribution in [0.4, 0.5) is 4.79 Å². The molecule has 51 heavy (non-hydrogen) atoms. The Hall–Kier alpha value is -3.01. The third kappa shape index (κ3) is 5.90. The molecule has 1 heterocycles. The van der Waals surface area contributed by atoms with Gasteiger partial charge in [-0.15, -0.1) is 0 Å². The molecule has 0 N–H and O–H groups in total. The molecule has 1 amide bonds. The van der Waals surface area contributed by atoms with Gasteiger partial charge in [-0.2, -0.15) is 0 Å². The minimum absolute atomic E-state index is 0.0141. The highest BCUT2D eigenvalue weighted by Gasteiger charge is 2.81. The topological polar surface area (TPSA) is 116 Å². The number of allylic oxidation sites excluding steroid dienone is 2. The zero-order valence-corrected chi connectivity index (χ0v) is 32.4. The Morgan fingerprint density at radius 3 is 2.31 bits per heavy atom. The molecule has 5 aliphatic carbocycles. The lowest BCUT2D eigenvalue weighted by atomic mass is 9.43. The van der Waals surface area contributed by atoms with Crippen LogP contribution in [0, 0.1) is 57.2 Å². The van der Waals surface area contributed by atoms with Crippen LogP contribution in [0.3, 0.4) is 0 Å². The number of likely N-dealkylation sites (N-methyl/N-ethyl adjacent to an activating group) is 1. The fourth-order valence-electron chi connectivity index (χ4n) is 12.4. The molecule has 0 aromatic heterocycles. The van der Waals surface area contributed by atoms with Crippen molar-refractivity contribution in [2.45, 2.75) is 99.2 Å². The predicted molar refractivity (Wildman–Crippen MR) is 191 cm³/mol. The molecule has 12 atom stereocenters. The van der Waals surface area contributed by atoms with Gasteiger partial charge < -0.3 is 18.7 Å². The Balaban J connectivity index is 1.23. The highest BCUT2D eigenvalue weighted by molar-refractivity contribution is 6.00. The molecular formula is C41H61N2O8+. The lowest BCUT2D eigenvalue weighted by molar-refractivity contribution is -0.894. The normalized spacial score (nSPS) is 40.7. The van der Waals surface area contributed by atoms with Crippen molar-refractivity contribution >= 4 is 29.6 Å². The number of carbonyl (C=O) groups is 5. The standard InChI is InChI=1S/C41H61N2O8/c1-24(22-49-37(48)42-17-19-43(9,10)20-18-42)25(2)35(47)36(51-29(6)45)27(4)34-32(50-28(5)44)21-39(8)33-12-11-30-26(3)31(46)13-14-40(30)23-41(33,40)16-15-38(34,39)7/h13-14,24,26-27,30,32-34,36H,2,11-12,15-23H2,1,3-10H3/q+1/t24-,26-,27-,30-,32-,33-,34-,36+,38+,39-,40+,41-/m0/s1. The van der Waals surface area contributed by atoms with Gasteiger partial charge in [0.2, 0.25) is 0 Å². The lowest BCUT2D eigenvalue weighted by Crippen LogP contribution is -2.56. The number of fused-ring (bicyclic) bond motifs is 2. The van der Waals surface area contributed by atoms with Gasteiger partial charge in [-0.25, -0.2) is 4.79 Å². The number of Topliss-reactive ketones (excluding diaryl/α,β-unsaturated/α-hetero) is 1. The Morgan fingerprint density at radius 1 is 1.02 bits per heavy atom. The number of esters is 2. The molecule has 1 aliphatic heterocycles. The first-order valence-corrected chi connectivity index (χ1v) is 19.3. The maximum absolute atomic E-state index is 14.3. The maximum Gasteiger partial charge on any atom is 0.410 e. The van der Waals surface area contributed by atoms with Crippen LogP contribution in [0.25, 0.3) is 0 Å². The smallest absolute Gasteiger partial charge is 0.410 e. The molecule has 0 bridgehead atoms. The largest absolute Gasteiger partial charge is 0.462 e. The van der Waals surface area contributed by atoms with Gasteiger partial charge in [0, 0.05) is 37.5 Å². The molecule has 6 aliphatic rings. The second kappa shape index (κ2) is 12.8. The van der Waals surface area contributed by atoms with E-state index < -0.39 is 41.9 Å². The molecular weight excluding hydrogens is 648 g/mol. The van der Waals surface area contributed by atoms with Crippen molar-refractivity contribution in [3.63, 3.8) is 0 Å². The van der Waals surface area contributed by atoms with Crippen LogP contribution in [-0.2, 0) is 33.4 Å². The first-order valence-electron chi connectivity index (χ1n) is 19.3. The minimum Gasteiger partial charge on any atom is -0.462 e. The molecule has 0 aromatic rings. The number of rotatable bonds is 9. The van der Waals surface area contributed by atoms with Crippen molar-refractivity contribution in [1.82, 2.24) is 4.90 Å². The van der Waals surface area contributed by atoms with E-state index in [-0.39, 0.29) is 57.4 Å². The summed E-state index contributed by atoms with van der Waals surface area (Å²) in [7, 11) is 4.27. The number of hydrogen-bond donors (Lipinski definition) is 0. The maximum atomic E-state index is 14.3. The summed E-state index contributed by atoms with van der Waals surface area (Å²) in [6.45, 7) is 20.3. The molecule has 282 valence electrons. The summed E-state index contributed by atoms with van der Waals surface area (Å²) in [6.07, 6.45) is 7.78. The Morgan fingerprint density at radius 2 is 1.69 bits per heavy atom. The van der Waals surface area contributed by atoms with E-state index in [1.807, 2.05) is 13.0 Å². The van der Waals surface area contributed by atoms with Crippen molar-refractivity contribution in [3.05, 3.63) is 24.3 Å². The first kappa shape index (κ1) is 37.7. The van der Waals surface area contributed by atoms with E-state index in [0.29, 0.717) is 31.3 Å². The molecule has 10 nitrogen and oxygen atoms in total. The van der Waals surface area contributed by atoms with Gasteiger partial charge in [-0.3, -0.25) is 24.1 Å². The third-order valence-corrected chi connectivity index (χ3v) is 15.5. The van der Waals surface area contributed by atoms with Gasteiger partial charge >= 0.3 is 18.0 Å². The summed E-state index contributed by atoms with van der Waals surface area (Å²) >= 11 is 0. The van der Waals surface area contributed by atoms with Gasteiger partial charge in [0.1, 0.15) is 6.10 Å². The van der Waals surface area contributed by atoms with Crippen molar-refractivity contribution in [2.75, 3.05) is 46.9 Å². The highest BCUT2D eigenvalue weighted by atomic mass is 16.6. The van der Waals surface area contributed by atoms with E-state index in [1.54, 1.807) is 11.8 Å². The van der Waals surface area contributed by atoms with Crippen molar-refractivity contribution < 1.29 is 42.7 Å². The molecule has 2 spiro atoms. The van der Waals surface area contributed by atoms with E-state index >= 15 is 0 Å². The van der Waals surface area contributed by atoms with Gasteiger partial charge in [-0.05, 0) is 83.7 Å². The van der Waals surface area contributed by atoms with Crippen molar-refractivity contribution in [2.24, 2.45) is 57.2 Å². The zero-order valence-electron chi connectivity index (χ0n) is 32.4. The summed E-state index contributed by atoms with van der Waals surface area (Å²) in [6, 6.07) is 0. The van der Waals surface area contributed by atoms with Gasteiger partial charge in [0.15, 0.2) is 17.7 Å². The van der Waals surface area contributed by atoms with Gasteiger partial charge in [0.05, 0.1) is 46.9 Å². The minimum atomic E-state index is -1.13. The second-order valence-corrected chi connectivity index (χ2v) is 18.5. The van der Waals surface area contributed by atoms with E-state index in [1.165, 1.54) is 13.8 Å². The van der Waals surface area contributed by atoms with E-state index in [2.05, 4.69) is 47.5 Å². The van der Waals surface area contributed by atoms with Crippen LogP contribution >= 0.6 is 0 Å². The predicted octanol–water partition coefficient (Wildman–Crippen LogP) is 5.78. The van der Waals surface area contributed by atoms with Crippen molar-refractivity contribution in [3.8, 4) is 0 Å². The van der Waals surface area contributed by atoms with Crippen LogP contribution in [0.15, 0.2) is 24.3 Å². The van der Waals surface area contributed by atoms with E-state index in [4.69, 9.17) is 14.2 Å². The fraction of sp³-hybridized carbons (Fsp3) is 0.780. The number of hydrogen-bond acceptors (Lipinski definition) is 8. The molecule has 6 rings (SSSR count). The molecule has 10 heteroatoms. The number of quaternary nitrogens is 1. The molecule has 5 fully saturated rings. The number of ketones is 2. The number of carbonyl (C=O) groups excluding carboxylic acids is 5. The van der Waals surface area contributed by atoms with E-state index in [9.17, 15) is 24.0 Å². The van der Waals surface area contributed by atoms with Crippen LogP contribution in [0.2, 0.25) is 0 Å². The third-order valence-electron chi connectivity index (χ3n) is 15.5. The average Bonchev–Trinajstić information content (AvgIpc) is 3.67. The highest BCUT2D eigenvalue weighted by Crippen LogP contribution is 2.87. The first-order chi connectivity index (χ1) is 23.7. The molecule has 4 saturated carbocycles. The molecule has 0 unspecified atom stereocenters. The number of nitrogens with zero attached hydrogens (tertiary/aromatic N) is 2. The average molecular weight is 710 g/mol. The Bertz CT molecular complexity index is 1530. The quantitative estimate of drug-likeness (QED) is 0.128. The summed E-state index contributed by atoms with van der Waals surface area (Å²) < 4.78 is 18.6. The molecule has 0 radical (unpaired) electrons. The fourth-order valence-corrected chi connectivity index (χ4v) is 12.4. The Kier molecular flexibility index (Phi) is 9.50. The SMILES string of the molecule is C=C(C(=O)[C@H](OC(C)=O)[C@@H](C)[C@H]1[C@@H](OC(C)=O)C[C@@]2(C)[C@@H]3CC[C@H]4[C@H](C)C(=O)C=C[C@@]45C[C@@]35CC[C@]12C)[C@@H](C)COC(=O)N1CC[N+](C)(C)CC1. The second-order valence-electron chi connectivity index (χ2n) is 18.5. The Labute approximate surface area is 304 Å². The summed E-state index contributed by atoms with van der Waals surface area (Å²) in [5.74, 6) is -1.54. The zero-order chi connectivity index (χ0) is 37.5. The number of amides is 1. The van der Waals surface area contributed by atoms with Gasteiger partial charge in [-0.1, -0.05) is 47.3 Å². The lowest BCUT2D eigenvalue weighted by Gasteiger charge is -2.61. The van der Waals surface area contributed by atoms with Crippen molar-refractivity contribution in [1.29, 1.82) is 0 Å². The summed E-state index contributed by atoms with van der Waals surface area (Å²) in [4.78, 5) is 66.9. The summed E-state index contributed by atoms with van der Waals surface area (Å²) in [5.41, 5.74) is -0.124. The number of ether oxygens (including phenoxy) is 3. The van der Waals surface area contributed by atoms with E-state index in [0.717, 1.165) is 49.7 Å². The number of piperazine rings is 1. The molecule has 0 aromatic carbocycles. The molecule has 1 saturated heterocycles.